The van der Waals surface area contributed by atoms with Crippen LogP contribution in [0.15, 0.2) is 17.1 Å². The molecule has 1 aromatic carbocycles. The summed E-state index contributed by atoms with van der Waals surface area (Å²) in [7, 11) is 0. The highest BCUT2D eigenvalue weighted by Gasteiger charge is 2.14. The predicted octanol–water partition coefficient (Wildman–Crippen LogP) is 3.66. The lowest BCUT2D eigenvalue weighted by atomic mass is 10.1. The van der Waals surface area contributed by atoms with Gasteiger partial charge in [0, 0.05) is 19.3 Å². The summed E-state index contributed by atoms with van der Waals surface area (Å²) in [4.78, 5) is 6.60. The molecule has 0 unspecified atom stereocenters. The average Bonchev–Trinajstić information content (AvgIpc) is 2.34. The molecule has 0 saturated carbocycles. The van der Waals surface area contributed by atoms with E-state index >= 15 is 0 Å². The molecule has 0 aliphatic carbocycles. The van der Waals surface area contributed by atoms with Crippen LogP contribution in [0.1, 0.15) is 32.8 Å². The van der Waals surface area contributed by atoms with Crippen LogP contribution in [0.3, 0.4) is 0 Å². The van der Waals surface area contributed by atoms with Crippen molar-refractivity contribution in [2.45, 2.75) is 34.1 Å². The van der Waals surface area contributed by atoms with Crippen molar-refractivity contribution < 1.29 is 5.11 Å². The van der Waals surface area contributed by atoms with Crippen molar-refractivity contribution in [3.63, 3.8) is 0 Å². The highest BCUT2D eigenvalue weighted by Crippen LogP contribution is 2.39. The molecule has 0 aromatic heterocycles. The van der Waals surface area contributed by atoms with Gasteiger partial charge in [0.15, 0.2) is 0 Å². The van der Waals surface area contributed by atoms with Crippen LogP contribution in [0.25, 0.3) is 0 Å². The van der Waals surface area contributed by atoms with Gasteiger partial charge in [-0.2, -0.15) is 0 Å². The van der Waals surface area contributed by atoms with E-state index in [0.717, 1.165) is 36.4 Å². The predicted molar refractivity (Wildman–Crippen MR) is 74.8 cm³/mol. The van der Waals surface area contributed by atoms with Gasteiger partial charge in [0.25, 0.3) is 0 Å². The second-order valence-electron chi connectivity index (χ2n) is 3.99. The molecule has 3 nitrogen and oxygen atoms in total. The first kappa shape index (κ1) is 13.6. The summed E-state index contributed by atoms with van der Waals surface area (Å²) in [6.45, 7) is 9.97. The molecule has 17 heavy (non-hydrogen) atoms. The number of rotatable bonds is 5. The first-order valence-corrected chi connectivity index (χ1v) is 6.25. The molecule has 1 aromatic rings. The lowest BCUT2D eigenvalue weighted by Crippen LogP contribution is -2.22. The summed E-state index contributed by atoms with van der Waals surface area (Å²) in [6.07, 6.45) is 2.78. The minimum atomic E-state index is 0.308. The zero-order valence-corrected chi connectivity index (χ0v) is 11.2. The van der Waals surface area contributed by atoms with Crippen LogP contribution in [0.4, 0.5) is 11.4 Å². The van der Waals surface area contributed by atoms with Crippen molar-refractivity contribution in [2.24, 2.45) is 4.99 Å². The van der Waals surface area contributed by atoms with Gasteiger partial charge in [-0.05, 0) is 38.8 Å². The summed E-state index contributed by atoms with van der Waals surface area (Å²) < 4.78 is 0. The zero-order chi connectivity index (χ0) is 12.8. The number of hydrogen-bond acceptors (Lipinski definition) is 3. The minimum Gasteiger partial charge on any atom is -0.506 e. The topological polar surface area (TPSA) is 35.8 Å². The van der Waals surface area contributed by atoms with E-state index < -0.39 is 0 Å². The molecule has 1 N–H and O–H groups in total. The first-order valence-electron chi connectivity index (χ1n) is 6.25. The Morgan fingerprint density at radius 2 is 1.88 bits per heavy atom. The summed E-state index contributed by atoms with van der Waals surface area (Å²) in [6, 6.07) is 3.65. The fraction of sp³-hybridized carbons (Fsp3) is 0.500. The SMILES string of the molecule is CCC=Nc1c(C)ccc(O)c1N(CC)CC. The molecule has 0 fully saturated rings. The van der Waals surface area contributed by atoms with Gasteiger partial charge in [-0.15, -0.1) is 0 Å². The fourth-order valence-electron chi connectivity index (χ4n) is 1.87. The van der Waals surface area contributed by atoms with Crippen molar-refractivity contribution in [2.75, 3.05) is 18.0 Å². The van der Waals surface area contributed by atoms with Gasteiger partial charge in [0.05, 0.1) is 5.69 Å². The van der Waals surface area contributed by atoms with Crippen LogP contribution in [-0.4, -0.2) is 24.4 Å². The second kappa shape index (κ2) is 6.28. The molecule has 0 radical (unpaired) electrons. The fourth-order valence-corrected chi connectivity index (χ4v) is 1.87. The Hall–Kier alpha value is -1.51. The molecular weight excluding hydrogens is 212 g/mol. The smallest absolute Gasteiger partial charge is 0.141 e. The number of nitrogens with zero attached hydrogens (tertiary/aromatic N) is 2. The van der Waals surface area contributed by atoms with Gasteiger partial charge in [0.1, 0.15) is 11.4 Å². The van der Waals surface area contributed by atoms with Crippen molar-refractivity contribution >= 4 is 17.6 Å². The quantitative estimate of drug-likeness (QED) is 0.789. The molecule has 1 rings (SSSR count). The maximum atomic E-state index is 10.0. The van der Waals surface area contributed by atoms with E-state index in [2.05, 4.69) is 30.7 Å². The van der Waals surface area contributed by atoms with Crippen LogP contribution in [0, 0.1) is 6.92 Å². The maximum Gasteiger partial charge on any atom is 0.141 e. The lowest BCUT2D eigenvalue weighted by molar-refractivity contribution is 0.474. The summed E-state index contributed by atoms with van der Waals surface area (Å²) >= 11 is 0. The Bertz CT molecular complexity index is 395. The molecule has 3 heteroatoms. The molecule has 0 heterocycles. The van der Waals surface area contributed by atoms with Crippen LogP contribution in [-0.2, 0) is 0 Å². The van der Waals surface area contributed by atoms with Crippen LogP contribution < -0.4 is 4.90 Å². The van der Waals surface area contributed by atoms with E-state index in [9.17, 15) is 5.11 Å². The van der Waals surface area contributed by atoms with Gasteiger partial charge in [-0.1, -0.05) is 13.0 Å². The second-order valence-corrected chi connectivity index (χ2v) is 3.99. The molecule has 0 aliphatic heterocycles. The summed E-state index contributed by atoms with van der Waals surface area (Å²) in [5, 5.41) is 10.0. The number of aryl methyl sites for hydroxylation is 1. The monoisotopic (exact) mass is 234 g/mol. The minimum absolute atomic E-state index is 0.308. The normalized spacial score (nSPS) is 11.1. The highest BCUT2D eigenvalue weighted by atomic mass is 16.3. The standard InChI is InChI=1S/C14H22N2O/c1-5-10-15-13-11(4)8-9-12(17)14(13)16(6-2)7-3/h8-10,17H,5-7H2,1-4H3. The van der Waals surface area contributed by atoms with Gasteiger partial charge >= 0.3 is 0 Å². The largest absolute Gasteiger partial charge is 0.506 e. The average molecular weight is 234 g/mol. The molecule has 94 valence electrons. The van der Waals surface area contributed by atoms with Crippen molar-refractivity contribution in [3.8, 4) is 5.75 Å². The number of benzene rings is 1. The van der Waals surface area contributed by atoms with Gasteiger partial charge in [0.2, 0.25) is 0 Å². The maximum absolute atomic E-state index is 10.0. The number of aromatic hydroxyl groups is 1. The van der Waals surface area contributed by atoms with Gasteiger partial charge in [-0.3, -0.25) is 4.99 Å². The third kappa shape index (κ3) is 2.99. The van der Waals surface area contributed by atoms with E-state index in [1.165, 1.54) is 0 Å². The van der Waals surface area contributed by atoms with Crippen LogP contribution in [0.5, 0.6) is 5.75 Å². The Labute approximate surface area is 104 Å². The first-order chi connectivity index (χ1) is 8.15. The highest BCUT2D eigenvalue weighted by molar-refractivity contribution is 5.80. The summed E-state index contributed by atoms with van der Waals surface area (Å²) in [5.74, 6) is 0.308. The molecule has 0 spiro atoms. The Balaban J connectivity index is 3.33. The van der Waals surface area contributed by atoms with Crippen LogP contribution >= 0.6 is 0 Å². The van der Waals surface area contributed by atoms with E-state index in [1.807, 2.05) is 19.2 Å². The third-order valence-corrected chi connectivity index (χ3v) is 2.81. The van der Waals surface area contributed by atoms with E-state index in [4.69, 9.17) is 0 Å². The molecule has 0 atom stereocenters. The van der Waals surface area contributed by atoms with Crippen molar-refractivity contribution in [1.82, 2.24) is 0 Å². The van der Waals surface area contributed by atoms with Crippen molar-refractivity contribution in [3.05, 3.63) is 17.7 Å². The molecule has 0 bridgehead atoms. The number of hydrogen-bond donors (Lipinski definition) is 1. The number of anilines is 1. The molecular formula is C14H22N2O. The van der Waals surface area contributed by atoms with Gasteiger partial charge < -0.3 is 10.0 Å². The molecule has 0 aliphatic rings. The Morgan fingerprint density at radius 1 is 1.24 bits per heavy atom. The number of phenols is 1. The third-order valence-electron chi connectivity index (χ3n) is 2.81. The van der Waals surface area contributed by atoms with E-state index in [0.29, 0.717) is 5.75 Å². The van der Waals surface area contributed by atoms with Crippen molar-refractivity contribution in [1.29, 1.82) is 0 Å². The number of aliphatic imine (C=N–C) groups is 1. The van der Waals surface area contributed by atoms with Crippen LogP contribution in [0.2, 0.25) is 0 Å². The Kier molecular flexibility index (Phi) is 5.01. The van der Waals surface area contributed by atoms with E-state index in [-0.39, 0.29) is 0 Å². The number of phenolic OH excluding ortho intramolecular Hbond substituents is 1. The molecule has 0 amide bonds. The van der Waals surface area contributed by atoms with E-state index in [1.54, 1.807) is 6.07 Å². The zero-order valence-electron chi connectivity index (χ0n) is 11.2. The summed E-state index contributed by atoms with van der Waals surface area (Å²) in [5.41, 5.74) is 2.82. The van der Waals surface area contributed by atoms with Gasteiger partial charge in [-0.25, -0.2) is 0 Å². The molecule has 0 saturated heterocycles. The Morgan fingerprint density at radius 3 is 2.41 bits per heavy atom. The lowest BCUT2D eigenvalue weighted by Gasteiger charge is -2.24.